The molecule has 1 unspecified atom stereocenters. The summed E-state index contributed by atoms with van der Waals surface area (Å²) >= 11 is 2.14. The third-order valence-corrected chi connectivity index (χ3v) is 3.92. The van der Waals surface area contributed by atoms with Crippen LogP contribution in [0.2, 0.25) is 0 Å². The summed E-state index contributed by atoms with van der Waals surface area (Å²) < 4.78 is 0.873. The van der Waals surface area contributed by atoms with Gasteiger partial charge in [-0.25, -0.2) is 0 Å². The number of phenolic OH excluding ortho intramolecular Hbond substituents is 1. The van der Waals surface area contributed by atoms with E-state index in [1.54, 1.807) is 0 Å². The van der Waals surface area contributed by atoms with E-state index in [2.05, 4.69) is 40.5 Å². The molecule has 1 N–H and O–H groups in total. The molecular formula is C14H19IN2O. The number of phenols is 1. The maximum absolute atomic E-state index is 10.1. The van der Waals surface area contributed by atoms with Crippen LogP contribution in [0.3, 0.4) is 0 Å². The number of nitrogens with zero attached hydrogens (tertiary/aromatic N) is 2. The Balaban J connectivity index is 2.89. The SMILES string of the molecule is CCN(Cc1c(C)ccc(I)c1O)CC(C)C#N. The van der Waals surface area contributed by atoms with Crippen molar-refractivity contribution in [2.45, 2.75) is 27.3 Å². The molecule has 0 amide bonds. The first-order chi connectivity index (χ1) is 8.49. The molecule has 1 rings (SSSR count). The number of aromatic hydroxyl groups is 1. The highest BCUT2D eigenvalue weighted by molar-refractivity contribution is 14.1. The Kier molecular flexibility index (Phi) is 5.89. The van der Waals surface area contributed by atoms with Gasteiger partial charge in [0.05, 0.1) is 15.6 Å². The summed E-state index contributed by atoms with van der Waals surface area (Å²) in [6, 6.07) is 6.20. The molecule has 1 aromatic carbocycles. The van der Waals surface area contributed by atoms with Crippen LogP contribution in [0.15, 0.2) is 12.1 Å². The monoisotopic (exact) mass is 358 g/mol. The Morgan fingerprint density at radius 2 is 2.17 bits per heavy atom. The lowest BCUT2D eigenvalue weighted by atomic mass is 10.1. The van der Waals surface area contributed by atoms with Crippen molar-refractivity contribution in [3.8, 4) is 11.8 Å². The van der Waals surface area contributed by atoms with Gasteiger partial charge in [0.15, 0.2) is 0 Å². The van der Waals surface area contributed by atoms with Gasteiger partial charge < -0.3 is 5.11 Å². The van der Waals surface area contributed by atoms with Gasteiger partial charge in [0.2, 0.25) is 0 Å². The smallest absolute Gasteiger partial charge is 0.133 e. The number of halogens is 1. The van der Waals surface area contributed by atoms with Crippen LogP contribution >= 0.6 is 22.6 Å². The molecule has 1 atom stereocenters. The fraction of sp³-hybridized carbons (Fsp3) is 0.500. The fourth-order valence-electron chi connectivity index (χ4n) is 1.87. The Morgan fingerprint density at radius 3 is 2.72 bits per heavy atom. The molecule has 0 bridgehead atoms. The van der Waals surface area contributed by atoms with Crippen LogP contribution in [-0.2, 0) is 6.54 Å². The number of nitriles is 1. The Hall–Kier alpha value is -0.800. The maximum atomic E-state index is 10.1. The van der Waals surface area contributed by atoms with E-state index in [1.165, 1.54) is 0 Å². The van der Waals surface area contributed by atoms with Gasteiger partial charge in [-0.15, -0.1) is 0 Å². The molecule has 18 heavy (non-hydrogen) atoms. The van der Waals surface area contributed by atoms with E-state index in [0.717, 1.165) is 27.8 Å². The number of hydrogen-bond donors (Lipinski definition) is 1. The molecule has 4 heteroatoms. The second-order valence-corrected chi connectivity index (χ2v) is 5.71. The molecule has 3 nitrogen and oxygen atoms in total. The molecule has 0 fully saturated rings. The van der Waals surface area contributed by atoms with Crippen LogP contribution in [-0.4, -0.2) is 23.1 Å². The molecule has 0 aliphatic rings. The zero-order valence-electron chi connectivity index (χ0n) is 11.1. The summed E-state index contributed by atoms with van der Waals surface area (Å²) in [7, 11) is 0. The van der Waals surface area contributed by atoms with E-state index < -0.39 is 0 Å². The highest BCUT2D eigenvalue weighted by atomic mass is 127. The van der Waals surface area contributed by atoms with E-state index in [9.17, 15) is 5.11 Å². The van der Waals surface area contributed by atoms with Crippen molar-refractivity contribution in [2.24, 2.45) is 5.92 Å². The van der Waals surface area contributed by atoms with Crippen LogP contribution < -0.4 is 0 Å². The van der Waals surface area contributed by atoms with Crippen LogP contribution in [0.1, 0.15) is 25.0 Å². The van der Waals surface area contributed by atoms with Crippen LogP contribution in [0.25, 0.3) is 0 Å². The first-order valence-electron chi connectivity index (χ1n) is 6.08. The van der Waals surface area contributed by atoms with Gasteiger partial charge in [-0.3, -0.25) is 4.90 Å². The van der Waals surface area contributed by atoms with Crippen molar-refractivity contribution in [3.63, 3.8) is 0 Å². The van der Waals surface area contributed by atoms with E-state index in [-0.39, 0.29) is 5.92 Å². The summed E-state index contributed by atoms with van der Waals surface area (Å²) in [5, 5.41) is 19.0. The van der Waals surface area contributed by atoms with E-state index in [1.807, 2.05) is 26.0 Å². The van der Waals surface area contributed by atoms with Crippen molar-refractivity contribution in [1.29, 1.82) is 5.26 Å². The molecule has 0 saturated heterocycles. The number of aryl methyl sites for hydroxylation is 1. The number of hydrogen-bond acceptors (Lipinski definition) is 3. The fourth-order valence-corrected chi connectivity index (χ4v) is 2.37. The average Bonchev–Trinajstić information content (AvgIpc) is 2.37. The lowest BCUT2D eigenvalue weighted by Gasteiger charge is -2.23. The average molecular weight is 358 g/mol. The zero-order valence-corrected chi connectivity index (χ0v) is 13.2. The Morgan fingerprint density at radius 1 is 1.50 bits per heavy atom. The minimum Gasteiger partial charge on any atom is -0.506 e. The lowest BCUT2D eigenvalue weighted by Crippen LogP contribution is -2.28. The minimum atomic E-state index is 0.00943. The molecular weight excluding hydrogens is 339 g/mol. The number of benzene rings is 1. The van der Waals surface area contributed by atoms with Gasteiger partial charge in [-0.05, 0) is 54.6 Å². The van der Waals surface area contributed by atoms with E-state index >= 15 is 0 Å². The topological polar surface area (TPSA) is 47.3 Å². The molecule has 0 aliphatic carbocycles. The summed E-state index contributed by atoms with van der Waals surface area (Å²) in [5.74, 6) is 0.383. The lowest BCUT2D eigenvalue weighted by molar-refractivity contribution is 0.256. The largest absolute Gasteiger partial charge is 0.506 e. The molecule has 0 heterocycles. The summed E-state index contributed by atoms with van der Waals surface area (Å²) in [6.07, 6.45) is 0. The molecule has 0 saturated carbocycles. The molecule has 0 spiro atoms. The van der Waals surface area contributed by atoms with Crippen molar-refractivity contribution >= 4 is 22.6 Å². The van der Waals surface area contributed by atoms with Crippen molar-refractivity contribution < 1.29 is 5.11 Å². The summed E-state index contributed by atoms with van der Waals surface area (Å²) in [4.78, 5) is 2.19. The third-order valence-electron chi connectivity index (χ3n) is 3.05. The van der Waals surface area contributed by atoms with Crippen molar-refractivity contribution in [3.05, 3.63) is 26.8 Å². The van der Waals surface area contributed by atoms with Gasteiger partial charge in [-0.1, -0.05) is 13.0 Å². The van der Waals surface area contributed by atoms with Gasteiger partial charge in [0, 0.05) is 18.7 Å². The molecule has 0 aromatic heterocycles. The molecule has 98 valence electrons. The predicted octanol–water partition coefficient (Wildman–Crippen LogP) is 3.29. The second-order valence-electron chi connectivity index (χ2n) is 4.55. The van der Waals surface area contributed by atoms with Crippen molar-refractivity contribution in [1.82, 2.24) is 4.90 Å². The summed E-state index contributed by atoms with van der Waals surface area (Å²) in [6.45, 7) is 8.30. The predicted molar refractivity (Wildman–Crippen MR) is 81.3 cm³/mol. The normalized spacial score (nSPS) is 12.4. The molecule has 0 radical (unpaired) electrons. The Labute approximate surface area is 123 Å². The standard InChI is InChI=1S/C14H19IN2O/c1-4-17(8-10(2)7-16)9-12-11(3)5-6-13(15)14(12)18/h5-6,10,18H,4,8-9H2,1-3H3. The third kappa shape index (κ3) is 3.85. The first kappa shape index (κ1) is 15.3. The highest BCUT2D eigenvalue weighted by Gasteiger charge is 2.14. The Bertz CT molecular complexity index is 454. The van der Waals surface area contributed by atoms with Gasteiger partial charge >= 0.3 is 0 Å². The van der Waals surface area contributed by atoms with Crippen molar-refractivity contribution in [2.75, 3.05) is 13.1 Å². The number of rotatable bonds is 5. The van der Waals surface area contributed by atoms with Gasteiger partial charge in [0.1, 0.15) is 5.75 Å². The highest BCUT2D eigenvalue weighted by Crippen LogP contribution is 2.28. The molecule has 0 aliphatic heterocycles. The minimum absolute atomic E-state index is 0.00943. The van der Waals surface area contributed by atoms with Crippen LogP contribution in [0.5, 0.6) is 5.75 Å². The van der Waals surface area contributed by atoms with Gasteiger partial charge in [-0.2, -0.15) is 5.26 Å². The zero-order chi connectivity index (χ0) is 13.7. The van der Waals surface area contributed by atoms with Crippen LogP contribution in [0, 0.1) is 27.7 Å². The summed E-state index contributed by atoms with van der Waals surface area (Å²) in [5.41, 5.74) is 2.06. The van der Waals surface area contributed by atoms with E-state index in [4.69, 9.17) is 5.26 Å². The quantitative estimate of drug-likeness (QED) is 0.822. The first-order valence-corrected chi connectivity index (χ1v) is 7.16. The maximum Gasteiger partial charge on any atom is 0.133 e. The van der Waals surface area contributed by atoms with E-state index in [0.29, 0.717) is 12.3 Å². The van der Waals surface area contributed by atoms with Gasteiger partial charge in [0.25, 0.3) is 0 Å². The second kappa shape index (κ2) is 6.95. The molecule has 1 aromatic rings. The van der Waals surface area contributed by atoms with Crippen LogP contribution in [0.4, 0.5) is 0 Å².